The molecule has 0 atom stereocenters. The monoisotopic (exact) mass is 264 g/mol. The fourth-order valence-corrected chi connectivity index (χ4v) is 1.64. The molecule has 0 aliphatic rings. The molecule has 0 amide bonds. The number of halogens is 2. The SMILES string of the molecule is Cc1cncc(NCc2ccc(OC(F)F)cc2)c1. The van der Waals surface area contributed by atoms with Gasteiger partial charge in [-0.1, -0.05) is 12.1 Å². The highest BCUT2D eigenvalue weighted by atomic mass is 19.3. The minimum atomic E-state index is -2.79. The van der Waals surface area contributed by atoms with Crippen LogP contribution in [0.15, 0.2) is 42.7 Å². The van der Waals surface area contributed by atoms with Gasteiger partial charge >= 0.3 is 6.61 Å². The predicted molar refractivity (Wildman–Crippen MR) is 69.4 cm³/mol. The van der Waals surface area contributed by atoms with Crippen LogP contribution in [0.25, 0.3) is 0 Å². The zero-order valence-corrected chi connectivity index (χ0v) is 10.4. The van der Waals surface area contributed by atoms with Crippen molar-refractivity contribution >= 4 is 5.69 Å². The van der Waals surface area contributed by atoms with Crippen LogP contribution in [0, 0.1) is 6.92 Å². The van der Waals surface area contributed by atoms with E-state index >= 15 is 0 Å². The number of aromatic nitrogens is 1. The van der Waals surface area contributed by atoms with E-state index in [2.05, 4.69) is 15.0 Å². The van der Waals surface area contributed by atoms with Gasteiger partial charge in [-0.05, 0) is 36.2 Å². The fraction of sp³-hybridized carbons (Fsp3) is 0.214. The van der Waals surface area contributed by atoms with Crippen LogP contribution >= 0.6 is 0 Å². The Morgan fingerprint density at radius 2 is 1.95 bits per heavy atom. The van der Waals surface area contributed by atoms with Crippen molar-refractivity contribution in [2.45, 2.75) is 20.1 Å². The largest absolute Gasteiger partial charge is 0.435 e. The number of hydrogen-bond acceptors (Lipinski definition) is 3. The van der Waals surface area contributed by atoms with Gasteiger partial charge in [0.25, 0.3) is 0 Å². The van der Waals surface area contributed by atoms with Crippen molar-refractivity contribution in [2.75, 3.05) is 5.32 Å². The third-order valence-corrected chi connectivity index (χ3v) is 2.52. The van der Waals surface area contributed by atoms with Gasteiger partial charge in [0.15, 0.2) is 0 Å². The van der Waals surface area contributed by atoms with Gasteiger partial charge in [-0.15, -0.1) is 0 Å². The first-order valence-corrected chi connectivity index (χ1v) is 5.83. The second-order valence-electron chi connectivity index (χ2n) is 4.13. The Labute approximate surface area is 110 Å². The van der Waals surface area contributed by atoms with E-state index in [9.17, 15) is 8.78 Å². The van der Waals surface area contributed by atoms with Crippen LogP contribution in [-0.4, -0.2) is 11.6 Å². The average molecular weight is 264 g/mol. The summed E-state index contributed by atoms with van der Waals surface area (Å²) >= 11 is 0. The number of anilines is 1. The van der Waals surface area contributed by atoms with Gasteiger partial charge in [0.2, 0.25) is 0 Å². The van der Waals surface area contributed by atoms with E-state index in [-0.39, 0.29) is 5.75 Å². The molecule has 0 bridgehead atoms. The zero-order valence-electron chi connectivity index (χ0n) is 10.4. The highest BCUT2D eigenvalue weighted by Gasteiger charge is 2.03. The second kappa shape index (κ2) is 6.13. The Bertz CT molecular complexity index is 529. The minimum absolute atomic E-state index is 0.163. The second-order valence-corrected chi connectivity index (χ2v) is 4.13. The van der Waals surface area contributed by atoms with Gasteiger partial charge in [0.05, 0.1) is 5.69 Å². The van der Waals surface area contributed by atoms with Crippen molar-refractivity contribution in [3.8, 4) is 5.75 Å². The highest BCUT2D eigenvalue weighted by Crippen LogP contribution is 2.16. The molecule has 1 heterocycles. The Hall–Kier alpha value is -2.17. The first kappa shape index (κ1) is 13.3. The van der Waals surface area contributed by atoms with Gasteiger partial charge < -0.3 is 10.1 Å². The summed E-state index contributed by atoms with van der Waals surface area (Å²) in [6.07, 6.45) is 3.52. The number of pyridine rings is 1. The molecule has 0 saturated heterocycles. The molecule has 100 valence electrons. The normalized spacial score (nSPS) is 10.5. The van der Waals surface area contributed by atoms with Gasteiger partial charge in [-0.2, -0.15) is 8.78 Å². The van der Waals surface area contributed by atoms with E-state index in [0.717, 1.165) is 16.8 Å². The first-order chi connectivity index (χ1) is 9.13. The highest BCUT2D eigenvalue weighted by molar-refractivity contribution is 5.43. The van der Waals surface area contributed by atoms with E-state index in [4.69, 9.17) is 0 Å². The molecule has 0 aliphatic heterocycles. The molecule has 0 unspecified atom stereocenters. The number of hydrogen-bond donors (Lipinski definition) is 1. The predicted octanol–water partition coefficient (Wildman–Crippen LogP) is 3.60. The van der Waals surface area contributed by atoms with Gasteiger partial charge in [0.1, 0.15) is 5.75 Å². The van der Waals surface area contributed by atoms with Crippen molar-refractivity contribution in [1.29, 1.82) is 0 Å². The third-order valence-electron chi connectivity index (χ3n) is 2.52. The van der Waals surface area contributed by atoms with Crippen LogP contribution in [0.2, 0.25) is 0 Å². The Balaban J connectivity index is 1.93. The standard InChI is InChI=1S/C14H14F2N2O/c1-10-6-12(9-17-7-10)18-8-11-2-4-13(5-3-11)19-14(15)16/h2-7,9,14,18H,8H2,1H3. The molecular formula is C14H14F2N2O. The molecule has 0 fully saturated rings. The Morgan fingerprint density at radius 3 is 2.58 bits per heavy atom. The zero-order chi connectivity index (χ0) is 13.7. The third kappa shape index (κ3) is 4.21. The number of rotatable bonds is 5. The summed E-state index contributed by atoms with van der Waals surface area (Å²) in [7, 11) is 0. The van der Waals surface area contributed by atoms with Crippen molar-refractivity contribution in [3.05, 3.63) is 53.9 Å². The first-order valence-electron chi connectivity index (χ1n) is 5.83. The molecule has 2 rings (SSSR count). The summed E-state index contributed by atoms with van der Waals surface area (Å²) in [5.74, 6) is 0.163. The molecule has 1 N–H and O–H groups in total. The van der Waals surface area contributed by atoms with Crippen molar-refractivity contribution in [3.63, 3.8) is 0 Å². The van der Waals surface area contributed by atoms with Crippen LogP contribution in [-0.2, 0) is 6.54 Å². The minimum Gasteiger partial charge on any atom is -0.435 e. The van der Waals surface area contributed by atoms with Crippen LogP contribution < -0.4 is 10.1 Å². The summed E-state index contributed by atoms with van der Waals surface area (Å²) in [5.41, 5.74) is 2.97. The maximum Gasteiger partial charge on any atom is 0.387 e. The summed E-state index contributed by atoms with van der Waals surface area (Å²) in [4.78, 5) is 4.08. The molecule has 1 aromatic carbocycles. The molecule has 1 aromatic heterocycles. The molecule has 3 nitrogen and oxygen atoms in total. The van der Waals surface area contributed by atoms with Gasteiger partial charge in [-0.25, -0.2) is 0 Å². The smallest absolute Gasteiger partial charge is 0.387 e. The van der Waals surface area contributed by atoms with Crippen LogP contribution in [0.3, 0.4) is 0 Å². The quantitative estimate of drug-likeness (QED) is 0.895. The topological polar surface area (TPSA) is 34.2 Å². The number of benzene rings is 1. The van der Waals surface area contributed by atoms with Crippen molar-refractivity contribution in [1.82, 2.24) is 4.98 Å². The molecule has 0 radical (unpaired) electrons. The number of ether oxygens (including phenoxy) is 1. The molecule has 2 aromatic rings. The van der Waals surface area contributed by atoms with E-state index in [0.29, 0.717) is 6.54 Å². The maximum absolute atomic E-state index is 12.0. The number of alkyl halides is 2. The van der Waals surface area contributed by atoms with Gasteiger partial charge in [0, 0.05) is 18.9 Å². The lowest BCUT2D eigenvalue weighted by molar-refractivity contribution is -0.0498. The lowest BCUT2D eigenvalue weighted by atomic mass is 10.2. The van der Waals surface area contributed by atoms with Crippen molar-refractivity contribution < 1.29 is 13.5 Å². The maximum atomic E-state index is 12.0. The van der Waals surface area contributed by atoms with E-state index in [1.165, 1.54) is 12.1 Å². The van der Waals surface area contributed by atoms with Crippen molar-refractivity contribution in [2.24, 2.45) is 0 Å². The molecule has 0 saturated carbocycles. The number of nitrogens with one attached hydrogen (secondary N) is 1. The summed E-state index contributed by atoms with van der Waals surface area (Å²) in [5, 5.41) is 3.21. The average Bonchev–Trinajstić information content (AvgIpc) is 2.37. The number of nitrogens with zero attached hydrogens (tertiary/aromatic N) is 1. The Kier molecular flexibility index (Phi) is 4.28. The lowest BCUT2D eigenvalue weighted by Crippen LogP contribution is -2.03. The summed E-state index contributed by atoms with van der Waals surface area (Å²) in [6.45, 7) is -0.225. The van der Waals surface area contributed by atoms with E-state index < -0.39 is 6.61 Å². The van der Waals surface area contributed by atoms with Crippen LogP contribution in [0.5, 0.6) is 5.75 Å². The molecule has 19 heavy (non-hydrogen) atoms. The van der Waals surface area contributed by atoms with E-state index in [1.54, 1.807) is 24.5 Å². The Morgan fingerprint density at radius 1 is 1.21 bits per heavy atom. The van der Waals surface area contributed by atoms with Crippen LogP contribution in [0.4, 0.5) is 14.5 Å². The summed E-state index contributed by atoms with van der Waals surface area (Å²) < 4.78 is 28.3. The van der Waals surface area contributed by atoms with E-state index in [1.807, 2.05) is 13.0 Å². The lowest BCUT2D eigenvalue weighted by Gasteiger charge is -2.08. The number of aryl methyl sites for hydroxylation is 1. The fourth-order valence-electron chi connectivity index (χ4n) is 1.64. The molecular weight excluding hydrogens is 250 g/mol. The molecule has 5 heteroatoms. The molecule has 0 aliphatic carbocycles. The van der Waals surface area contributed by atoms with Gasteiger partial charge in [-0.3, -0.25) is 4.98 Å². The summed E-state index contributed by atoms with van der Waals surface area (Å²) in [6, 6.07) is 8.53. The molecule has 0 spiro atoms. The van der Waals surface area contributed by atoms with Crippen LogP contribution in [0.1, 0.15) is 11.1 Å².